The van der Waals surface area contributed by atoms with Crippen LogP contribution in [0.1, 0.15) is 6.42 Å². The normalized spacial score (nSPS) is 28.4. The van der Waals surface area contributed by atoms with E-state index in [1.54, 1.807) is 0 Å². The molecule has 2 saturated heterocycles. The first kappa shape index (κ1) is 16.6. The zero-order valence-corrected chi connectivity index (χ0v) is 12.2. The van der Waals surface area contributed by atoms with E-state index in [1.165, 1.54) is 10.2 Å². The van der Waals surface area contributed by atoms with Crippen molar-refractivity contribution in [2.75, 3.05) is 19.7 Å². The van der Waals surface area contributed by atoms with Gasteiger partial charge in [0.2, 0.25) is 5.91 Å². The Morgan fingerprint density at radius 2 is 2.12 bits per heavy atom. The Bertz CT molecular complexity index is 633. The third kappa shape index (κ3) is 2.79. The van der Waals surface area contributed by atoms with Gasteiger partial charge in [-0.15, -0.1) is 0 Å². The Morgan fingerprint density at radius 3 is 2.75 bits per heavy atom. The lowest BCUT2D eigenvalue weighted by Crippen LogP contribution is -2.68. The molecule has 24 heavy (non-hydrogen) atoms. The highest BCUT2D eigenvalue weighted by molar-refractivity contribution is 6.00. The SMILES string of the molecule is O=C(NCC(F)(F)F)OCC1=C(C(=O)O)N2C(=O)[C@H]3NC[C@@H](C1)[C@H]32. The Balaban J connectivity index is 1.69. The smallest absolute Gasteiger partial charge is 0.407 e. The molecule has 3 heterocycles. The lowest BCUT2D eigenvalue weighted by molar-refractivity contribution is -0.153. The molecule has 0 unspecified atom stereocenters. The maximum absolute atomic E-state index is 12.0. The summed E-state index contributed by atoms with van der Waals surface area (Å²) in [5, 5.41) is 13.9. The van der Waals surface area contributed by atoms with E-state index in [9.17, 15) is 32.7 Å². The molecule has 8 nitrogen and oxygen atoms in total. The van der Waals surface area contributed by atoms with Crippen LogP contribution in [0.3, 0.4) is 0 Å². The summed E-state index contributed by atoms with van der Waals surface area (Å²) in [5.41, 5.74) is -0.0359. The fourth-order valence-corrected chi connectivity index (χ4v) is 3.39. The number of ether oxygens (including phenoxy) is 1. The number of alkyl carbamates (subject to hydrolysis) is 1. The number of carbonyl (C=O) groups excluding carboxylic acids is 2. The molecule has 3 aliphatic rings. The summed E-state index contributed by atoms with van der Waals surface area (Å²) in [6.07, 6.45) is -5.58. The van der Waals surface area contributed by atoms with Gasteiger partial charge in [0.25, 0.3) is 0 Å². The number of halogens is 3. The summed E-state index contributed by atoms with van der Waals surface area (Å²) in [5.74, 6) is -1.70. The number of hydrogen-bond acceptors (Lipinski definition) is 5. The van der Waals surface area contributed by atoms with Gasteiger partial charge in [0.15, 0.2) is 0 Å². The van der Waals surface area contributed by atoms with Gasteiger partial charge in [-0.05, 0) is 17.9 Å². The molecule has 3 rings (SSSR count). The van der Waals surface area contributed by atoms with Gasteiger partial charge in [-0.3, -0.25) is 9.69 Å². The second kappa shape index (κ2) is 5.65. The molecule has 11 heteroatoms. The molecule has 0 aromatic heterocycles. The fraction of sp³-hybridized carbons (Fsp3) is 0.615. The van der Waals surface area contributed by atoms with Gasteiger partial charge < -0.3 is 20.5 Å². The van der Waals surface area contributed by atoms with E-state index >= 15 is 0 Å². The van der Waals surface area contributed by atoms with E-state index in [2.05, 4.69) is 10.1 Å². The lowest BCUT2D eigenvalue weighted by atomic mass is 9.79. The molecular weight excluding hydrogens is 335 g/mol. The van der Waals surface area contributed by atoms with E-state index in [0.29, 0.717) is 13.0 Å². The highest BCUT2D eigenvalue weighted by Gasteiger charge is 2.59. The van der Waals surface area contributed by atoms with E-state index in [4.69, 9.17) is 0 Å². The lowest BCUT2D eigenvalue weighted by Gasteiger charge is -2.48. The first-order chi connectivity index (χ1) is 11.2. The van der Waals surface area contributed by atoms with Crippen LogP contribution in [-0.2, 0) is 14.3 Å². The number of carbonyl (C=O) groups is 3. The van der Waals surface area contributed by atoms with E-state index < -0.39 is 31.4 Å². The van der Waals surface area contributed by atoms with Crippen LogP contribution < -0.4 is 10.6 Å². The second-order valence-corrected chi connectivity index (χ2v) is 5.85. The van der Waals surface area contributed by atoms with Gasteiger partial charge in [-0.2, -0.15) is 13.2 Å². The van der Waals surface area contributed by atoms with Crippen molar-refractivity contribution in [3.8, 4) is 0 Å². The minimum atomic E-state index is -4.57. The molecule has 2 fully saturated rings. The van der Waals surface area contributed by atoms with Crippen LogP contribution in [0.5, 0.6) is 0 Å². The highest BCUT2D eigenvalue weighted by Crippen LogP contribution is 2.43. The summed E-state index contributed by atoms with van der Waals surface area (Å²) in [4.78, 5) is 35.9. The monoisotopic (exact) mass is 349 g/mol. The van der Waals surface area contributed by atoms with Crippen molar-refractivity contribution in [2.45, 2.75) is 24.7 Å². The molecule has 3 atom stereocenters. The van der Waals surface area contributed by atoms with Gasteiger partial charge >= 0.3 is 18.2 Å². The average Bonchev–Trinajstić information content (AvgIpc) is 2.89. The van der Waals surface area contributed by atoms with E-state index in [0.717, 1.165) is 0 Å². The Labute approximate surface area is 133 Å². The van der Waals surface area contributed by atoms with Crippen molar-refractivity contribution in [1.82, 2.24) is 15.5 Å². The third-order valence-electron chi connectivity index (χ3n) is 4.32. The largest absolute Gasteiger partial charge is 0.477 e. The Hall–Kier alpha value is -2.30. The number of hydrogen-bond donors (Lipinski definition) is 3. The first-order valence-corrected chi connectivity index (χ1v) is 7.18. The summed E-state index contributed by atoms with van der Waals surface area (Å²) in [7, 11) is 0. The van der Waals surface area contributed by atoms with E-state index in [1.807, 2.05) is 0 Å². The molecule has 0 aliphatic carbocycles. The summed E-state index contributed by atoms with van der Waals surface area (Å²) in [6.45, 7) is -1.51. The van der Waals surface area contributed by atoms with Crippen molar-refractivity contribution in [3.63, 3.8) is 0 Å². The number of nitrogens with zero attached hydrogens (tertiary/aromatic N) is 1. The number of rotatable bonds is 4. The number of β-lactam (4-membered cyclic amide) rings is 1. The first-order valence-electron chi connectivity index (χ1n) is 7.18. The van der Waals surface area contributed by atoms with E-state index in [-0.39, 0.29) is 35.2 Å². The van der Waals surface area contributed by atoms with Crippen LogP contribution >= 0.6 is 0 Å². The molecule has 0 radical (unpaired) electrons. The van der Waals surface area contributed by atoms with Gasteiger partial charge in [-0.1, -0.05) is 0 Å². The number of carboxylic acids is 1. The Morgan fingerprint density at radius 1 is 1.42 bits per heavy atom. The summed E-state index contributed by atoms with van der Waals surface area (Å²) in [6, 6.07) is -0.617. The number of amides is 2. The maximum atomic E-state index is 12.0. The van der Waals surface area contributed by atoms with Crippen LogP contribution in [0.4, 0.5) is 18.0 Å². The molecule has 132 valence electrons. The van der Waals surface area contributed by atoms with Crippen LogP contribution in [-0.4, -0.2) is 65.9 Å². The molecule has 0 spiro atoms. The van der Waals surface area contributed by atoms with Gasteiger partial charge in [0.05, 0.1) is 6.04 Å². The molecule has 0 saturated carbocycles. The predicted octanol–water partition coefficient (Wildman–Crippen LogP) is -0.184. The molecule has 3 aliphatic heterocycles. The summed E-state index contributed by atoms with van der Waals surface area (Å²) >= 11 is 0. The third-order valence-corrected chi connectivity index (χ3v) is 4.32. The van der Waals surface area contributed by atoms with Gasteiger partial charge in [-0.25, -0.2) is 9.59 Å². The van der Waals surface area contributed by atoms with Crippen molar-refractivity contribution in [1.29, 1.82) is 0 Å². The number of nitrogens with one attached hydrogen (secondary N) is 2. The highest BCUT2D eigenvalue weighted by atomic mass is 19.4. The molecule has 0 aromatic rings. The molecule has 0 bridgehead atoms. The van der Waals surface area contributed by atoms with Crippen molar-refractivity contribution >= 4 is 18.0 Å². The topological polar surface area (TPSA) is 108 Å². The van der Waals surface area contributed by atoms with Crippen LogP contribution in [0.25, 0.3) is 0 Å². The fourth-order valence-electron chi connectivity index (χ4n) is 3.39. The van der Waals surface area contributed by atoms with Crippen LogP contribution in [0.15, 0.2) is 11.3 Å². The van der Waals surface area contributed by atoms with Crippen LogP contribution in [0.2, 0.25) is 0 Å². The van der Waals surface area contributed by atoms with Crippen molar-refractivity contribution < 1.29 is 37.4 Å². The number of alkyl halides is 3. The quantitative estimate of drug-likeness (QED) is 0.608. The predicted molar refractivity (Wildman–Crippen MR) is 70.6 cm³/mol. The molecule has 2 amide bonds. The zero-order valence-electron chi connectivity index (χ0n) is 12.2. The molecule has 0 aromatic carbocycles. The number of aliphatic carboxylic acids is 1. The number of carboxylic acid groups (broad SMARTS) is 1. The van der Waals surface area contributed by atoms with Gasteiger partial charge in [0.1, 0.15) is 24.9 Å². The summed E-state index contributed by atoms with van der Waals surface area (Å²) < 4.78 is 40.7. The Kier molecular flexibility index (Phi) is 3.90. The van der Waals surface area contributed by atoms with Crippen molar-refractivity contribution in [2.24, 2.45) is 5.92 Å². The molecule has 3 N–H and O–H groups in total. The minimum absolute atomic E-state index is 0.00682. The maximum Gasteiger partial charge on any atom is 0.407 e. The van der Waals surface area contributed by atoms with Crippen LogP contribution in [0, 0.1) is 5.92 Å². The van der Waals surface area contributed by atoms with Gasteiger partial charge in [0, 0.05) is 6.54 Å². The van der Waals surface area contributed by atoms with Crippen molar-refractivity contribution in [3.05, 3.63) is 11.3 Å². The minimum Gasteiger partial charge on any atom is -0.477 e. The molecular formula is C13H14F3N3O5. The second-order valence-electron chi connectivity index (χ2n) is 5.85. The standard InChI is InChI=1S/C13H14F3N3O5/c14-13(15,16)4-18-12(23)24-3-6-1-5-2-17-7-8(5)19(10(7)20)9(6)11(21)22/h5,7-8,17H,1-4H2,(H,18,23)(H,21,22)/t5-,7+,8-/m1/s1. The average molecular weight is 349 g/mol. The zero-order chi connectivity index (χ0) is 17.6.